The highest BCUT2D eigenvalue weighted by atomic mass is 79.9. The number of anilines is 1. The summed E-state index contributed by atoms with van der Waals surface area (Å²) in [4.78, 5) is 4.38. The molecule has 1 aromatic heterocycles. The minimum atomic E-state index is 0.0588. The van der Waals surface area contributed by atoms with E-state index in [2.05, 4.69) is 33.2 Å². The normalized spacial score (nSPS) is 18.7. The van der Waals surface area contributed by atoms with Gasteiger partial charge in [-0.2, -0.15) is 0 Å². The maximum atomic E-state index is 5.90. The Morgan fingerprint density at radius 1 is 1.50 bits per heavy atom. The minimum Gasteiger partial charge on any atom is -0.362 e. The van der Waals surface area contributed by atoms with E-state index in [4.69, 9.17) is 5.73 Å². The van der Waals surface area contributed by atoms with Gasteiger partial charge in [-0.15, -0.1) is 0 Å². The van der Waals surface area contributed by atoms with Crippen molar-refractivity contribution in [2.45, 2.75) is 38.1 Å². The molecule has 0 radical (unpaired) electrons. The molecule has 3 N–H and O–H groups in total. The van der Waals surface area contributed by atoms with Crippen LogP contribution in [0, 0.1) is 6.92 Å². The number of hydrogen-bond donors (Lipinski definition) is 2. The third-order valence-electron chi connectivity index (χ3n) is 3.42. The van der Waals surface area contributed by atoms with Crippen LogP contribution in [0.2, 0.25) is 0 Å². The van der Waals surface area contributed by atoms with Gasteiger partial charge in [-0.25, -0.2) is 4.98 Å². The molecule has 3 nitrogen and oxygen atoms in total. The summed E-state index contributed by atoms with van der Waals surface area (Å²) in [5.74, 6) is 0.923. The lowest BCUT2D eigenvalue weighted by molar-refractivity contribution is 0.491. The Balaban J connectivity index is 2.22. The second-order valence-corrected chi connectivity index (χ2v) is 5.40. The molecular weight excluding hydrogens is 266 g/mol. The van der Waals surface area contributed by atoms with Crippen molar-refractivity contribution in [3.63, 3.8) is 0 Å². The topological polar surface area (TPSA) is 50.9 Å². The molecule has 1 fully saturated rings. The lowest BCUT2D eigenvalue weighted by Gasteiger charge is -2.30. The number of aromatic nitrogens is 1. The first-order chi connectivity index (χ1) is 7.67. The molecular formula is C12H18BrN3. The number of aryl methyl sites for hydroxylation is 1. The van der Waals surface area contributed by atoms with E-state index in [0.717, 1.165) is 23.1 Å². The third kappa shape index (κ3) is 2.23. The molecule has 1 aliphatic carbocycles. The van der Waals surface area contributed by atoms with Crippen LogP contribution in [0.3, 0.4) is 0 Å². The SMILES string of the molecule is Cc1ccnc(NC2(CN)CCCC2)c1Br. The van der Waals surface area contributed by atoms with Gasteiger partial charge in [0.1, 0.15) is 5.82 Å². The Hall–Kier alpha value is -0.610. The minimum absolute atomic E-state index is 0.0588. The molecule has 88 valence electrons. The van der Waals surface area contributed by atoms with Crippen LogP contribution in [0.1, 0.15) is 31.2 Å². The molecule has 16 heavy (non-hydrogen) atoms. The van der Waals surface area contributed by atoms with Gasteiger partial charge in [0.25, 0.3) is 0 Å². The van der Waals surface area contributed by atoms with E-state index in [0.29, 0.717) is 6.54 Å². The summed E-state index contributed by atoms with van der Waals surface area (Å²) in [5, 5.41) is 3.53. The standard InChI is InChI=1S/C12H18BrN3/c1-9-4-7-15-11(10(9)13)16-12(8-14)5-2-3-6-12/h4,7H,2-3,5-6,8,14H2,1H3,(H,15,16). The van der Waals surface area contributed by atoms with Gasteiger partial charge in [-0.05, 0) is 47.3 Å². The highest BCUT2D eigenvalue weighted by Crippen LogP contribution is 2.34. The fourth-order valence-corrected chi connectivity index (χ4v) is 2.64. The van der Waals surface area contributed by atoms with Gasteiger partial charge in [0, 0.05) is 12.7 Å². The van der Waals surface area contributed by atoms with Crippen LogP contribution in [0.4, 0.5) is 5.82 Å². The maximum absolute atomic E-state index is 5.90. The molecule has 1 saturated carbocycles. The second-order valence-electron chi connectivity index (χ2n) is 4.61. The van der Waals surface area contributed by atoms with E-state index in [9.17, 15) is 0 Å². The van der Waals surface area contributed by atoms with Crippen LogP contribution >= 0.6 is 15.9 Å². The lowest BCUT2D eigenvalue weighted by atomic mass is 9.98. The molecule has 0 aliphatic heterocycles. The van der Waals surface area contributed by atoms with Crippen molar-refractivity contribution in [2.75, 3.05) is 11.9 Å². The van der Waals surface area contributed by atoms with Crippen LogP contribution in [0.25, 0.3) is 0 Å². The molecule has 0 spiro atoms. The first-order valence-corrected chi connectivity index (χ1v) is 6.55. The van der Waals surface area contributed by atoms with E-state index >= 15 is 0 Å². The zero-order valence-electron chi connectivity index (χ0n) is 9.59. The summed E-state index contributed by atoms with van der Waals surface area (Å²) in [7, 11) is 0. The molecule has 1 aromatic rings. The molecule has 1 aliphatic rings. The molecule has 0 aromatic carbocycles. The van der Waals surface area contributed by atoms with Crippen LogP contribution < -0.4 is 11.1 Å². The average molecular weight is 284 g/mol. The van der Waals surface area contributed by atoms with Gasteiger partial charge in [0.2, 0.25) is 0 Å². The van der Waals surface area contributed by atoms with E-state index in [1.807, 2.05) is 12.3 Å². The molecule has 4 heteroatoms. The smallest absolute Gasteiger partial charge is 0.141 e. The summed E-state index contributed by atoms with van der Waals surface area (Å²) in [6.45, 7) is 2.75. The quantitative estimate of drug-likeness (QED) is 0.897. The van der Waals surface area contributed by atoms with Gasteiger partial charge < -0.3 is 11.1 Å². The van der Waals surface area contributed by atoms with Crippen LogP contribution in [-0.2, 0) is 0 Å². The summed E-state index contributed by atoms with van der Waals surface area (Å²) in [6, 6.07) is 2.00. The summed E-state index contributed by atoms with van der Waals surface area (Å²) in [6.07, 6.45) is 6.64. The Morgan fingerprint density at radius 3 is 2.81 bits per heavy atom. The Labute approximate surface area is 105 Å². The number of nitrogens with two attached hydrogens (primary N) is 1. The van der Waals surface area contributed by atoms with Crippen LogP contribution in [-0.4, -0.2) is 17.1 Å². The molecule has 0 saturated heterocycles. The van der Waals surface area contributed by atoms with E-state index in [1.165, 1.54) is 18.4 Å². The van der Waals surface area contributed by atoms with Gasteiger partial charge in [0.15, 0.2) is 0 Å². The fourth-order valence-electron chi connectivity index (χ4n) is 2.31. The maximum Gasteiger partial charge on any atom is 0.141 e. The van der Waals surface area contributed by atoms with Crippen LogP contribution in [0.15, 0.2) is 16.7 Å². The van der Waals surface area contributed by atoms with Crippen molar-refractivity contribution in [1.82, 2.24) is 4.98 Å². The van der Waals surface area contributed by atoms with Gasteiger partial charge in [0.05, 0.1) is 10.0 Å². The predicted molar refractivity (Wildman–Crippen MR) is 70.6 cm³/mol. The van der Waals surface area contributed by atoms with Crippen molar-refractivity contribution in [3.05, 3.63) is 22.3 Å². The molecule has 0 bridgehead atoms. The van der Waals surface area contributed by atoms with Crippen molar-refractivity contribution in [1.29, 1.82) is 0 Å². The largest absolute Gasteiger partial charge is 0.362 e. The van der Waals surface area contributed by atoms with E-state index in [1.54, 1.807) is 0 Å². The molecule has 1 heterocycles. The zero-order chi connectivity index (χ0) is 11.6. The highest BCUT2D eigenvalue weighted by Gasteiger charge is 2.33. The number of pyridine rings is 1. The Morgan fingerprint density at radius 2 is 2.19 bits per heavy atom. The van der Waals surface area contributed by atoms with Crippen molar-refractivity contribution in [2.24, 2.45) is 5.73 Å². The molecule has 2 rings (SSSR count). The van der Waals surface area contributed by atoms with Crippen molar-refractivity contribution < 1.29 is 0 Å². The van der Waals surface area contributed by atoms with Crippen molar-refractivity contribution >= 4 is 21.7 Å². The van der Waals surface area contributed by atoms with Gasteiger partial charge in [-0.3, -0.25) is 0 Å². The second kappa shape index (κ2) is 4.72. The Kier molecular flexibility index (Phi) is 3.50. The van der Waals surface area contributed by atoms with E-state index in [-0.39, 0.29) is 5.54 Å². The third-order valence-corrected chi connectivity index (χ3v) is 4.42. The summed E-state index contributed by atoms with van der Waals surface area (Å²) in [5.41, 5.74) is 7.15. The van der Waals surface area contributed by atoms with E-state index < -0.39 is 0 Å². The van der Waals surface area contributed by atoms with Gasteiger partial charge >= 0.3 is 0 Å². The summed E-state index contributed by atoms with van der Waals surface area (Å²) < 4.78 is 1.05. The predicted octanol–water partition coefficient (Wildman–Crippen LogP) is 2.84. The van der Waals surface area contributed by atoms with Crippen LogP contribution in [0.5, 0.6) is 0 Å². The number of nitrogens with zero attached hydrogens (tertiary/aromatic N) is 1. The lowest BCUT2D eigenvalue weighted by Crippen LogP contribution is -2.43. The van der Waals surface area contributed by atoms with Crippen molar-refractivity contribution in [3.8, 4) is 0 Å². The molecule has 0 amide bonds. The first-order valence-electron chi connectivity index (χ1n) is 5.76. The highest BCUT2D eigenvalue weighted by molar-refractivity contribution is 9.10. The molecule has 0 unspecified atom stereocenters. The number of rotatable bonds is 3. The monoisotopic (exact) mass is 283 g/mol. The fraction of sp³-hybridized carbons (Fsp3) is 0.583. The molecule has 0 atom stereocenters. The number of hydrogen-bond acceptors (Lipinski definition) is 3. The first kappa shape index (κ1) is 11.9. The number of halogens is 1. The Bertz CT molecular complexity index is 373. The average Bonchev–Trinajstić information content (AvgIpc) is 2.74. The zero-order valence-corrected chi connectivity index (χ0v) is 11.2. The number of nitrogens with one attached hydrogen (secondary N) is 1. The van der Waals surface area contributed by atoms with Gasteiger partial charge in [-0.1, -0.05) is 12.8 Å². The summed E-state index contributed by atoms with van der Waals surface area (Å²) >= 11 is 3.58.